The molecule has 2 aromatic rings. The van der Waals surface area contributed by atoms with E-state index >= 15 is 0 Å². The molecule has 0 saturated heterocycles. The molecule has 5 rings (SSSR count). The van der Waals surface area contributed by atoms with Crippen molar-refractivity contribution >= 4 is 17.7 Å². The molecule has 1 saturated carbocycles. The van der Waals surface area contributed by atoms with Crippen molar-refractivity contribution in [3.63, 3.8) is 0 Å². The molecule has 9 heteroatoms. The fourth-order valence-electron chi connectivity index (χ4n) is 7.57. The number of aryl methyl sites for hydroxylation is 2. The SMILES string of the molecule is CC(c1ccccc1)[C@H]1NC(=O)[C@H](C(C)(C)O)N(C)C(=O)[C@H](C2CCCCC2)NCC2CCc3cccc(c3O2)CCCNC1=O. The molecule has 46 heavy (non-hydrogen) atoms. The first kappa shape index (κ1) is 33.9. The summed E-state index contributed by atoms with van der Waals surface area (Å²) < 4.78 is 6.59. The molecule has 2 unspecified atom stereocenters. The van der Waals surface area contributed by atoms with Gasteiger partial charge in [0.15, 0.2) is 0 Å². The van der Waals surface area contributed by atoms with E-state index in [-0.39, 0.29) is 29.8 Å². The molecule has 2 heterocycles. The highest BCUT2D eigenvalue weighted by Gasteiger charge is 2.44. The van der Waals surface area contributed by atoms with Crippen LogP contribution in [0.5, 0.6) is 5.75 Å². The van der Waals surface area contributed by atoms with Gasteiger partial charge in [0.25, 0.3) is 0 Å². The lowest BCUT2D eigenvalue weighted by atomic mass is 9.82. The van der Waals surface area contributed by atoms with Crippen LogP contribution in [0, 0.1) is 5.92 Å². The van der Waals surface area contributed by atoms with Crippen LogP contribution in [-0.4, -0.2) is 77.7 Å². The number of fused-ring (bicyclic) bond motifs is 1. The number of carbonyl (C=O) groups excluding carboxylic acids is 3. The van der Waals surface area contributed by atoms with Crippen LogP contribution in [0.2, 0.25) is 0 Å². The van der Waals surface area contributed by atoms with E-state index in [0.29, 0.717) is 19.5 Å². The van der Waals surface area contributed by atoms with Crippen LogP contribution in [0.1, 0.15) is 88.3 Å². The van der Waals surface area contributed by atoms with E-state index < -0.39 is 29.6 Å². The van der Waals surface area contributed by atoms with Crippen molar-refractivity contribution in [2.45, 2.75) is 114 Å². The molecule has 0 aromatic heterocycles. The molecular weight excluding hydrogens is 580 g/mol. The number of likely N-dealkylation sites (N-methyl/N-ethyl adjacent to an activating group) is 1. The highest BCUT2D eigenvalue weighted by molar-refractivity contribution is 5.94. The van der Waals surface area contributed by atoms with Crippen LogP contribution in [0.3, 0.4) is 0 Å². The predicted molar refractivity (Wildman–Crippen MR) is 179 cm³/mol. The third-order valence-corrected chi connectivity index (χ3v) is 10.1. The van der Waals surface area contributed by atoms with Gasteiger partial charge in [0.05, 0.1) is 11.6 Å². The third-order valence-electron chi connectivity index (χ3n) is 10.1. The molecule has 3 amide bonds. The van der Waals surface area contributed by atoms with Crippen molar-refractivity contribution in [3.05, 3.63) is 65.2 Å². The van der Waals surface area contributed by atoms with Crippen LogP contribution in [0.25, 0.3) is 0 Å². The molecule has 2 aromatic carbocycles. The summed E-state index contributed by atoms with van der Waals surface area (Å²) in [5, 5.41) is 20.9. The van der Waals surface area contributed by atoms with Gasteiger partial charge in [0.1, 0.15) is 23.9 Å². The molecule has 0 spiro atoms. The van der Waals surface area contributed by atoms with E-state index in [9.17, 15) is 19.5 Å². The van der Waals surface area contributed by atoms with E-state index in [1.807, 2.05) is 37.3 Å². The van der Waals surface area contributed by atoms with Crippen molar-refractivity contribution in [1.29, 1.82) is 0 Å². The van der Waals surface area contributed by atoms with Gasteiger partial charge in [0, 0.05) is 26.1 Å². The lowest BCUT2D eigenvalue weighted by Gasteiger charge is -2.40. The molecule has 9 nitrogen and oxygen atoms in total. The zero-order valence-corrected chi connectivity index (χ0v) is 27.9. The molecule has 2 aliphatic heterocycles. The van der Waals surface area contributed by atoms with E-state index in [4.69, 9.17) is 4.74 Å². The number of nitrogens with zero attached hydrogens (tertiary/aromatic N) is 1. The average molecular weight is 633 g/mol. The standard InChI is InChI=1S/C37H52N4O5/c1-24(25-13-7-5-8-14-25)30-34(42)38-22-12-19-27-17-11-18-28-20-21-29(46-32(27)28)23-39-31(26-15-9-6-10-16-26)36(44)41(4)33(35(43)40-30)37(2,3)45/h5,7-8,11,13-14,17-18,24,26,29-31,33,39,45H,6,9-10,12,15-16,19-23H2,1-4H3,(H,38,42)(H,40,43)/t24?,29?,30-,31+,33-/m1/s1. The smallest absolute Gasteiger partial charge is 0.246 e. The van der Waals surface area contributed by atoms with Crippen molar-refractivity contribution in [2.24, 2.45) is 5.92 Å². The number of rotatable bonds is 4. The number of hydrogen-bond donors (Lipinski definition) is 4. The van der Waals surface area contributed by atoms with Crippen LogP contribution in [0.4, 0.5) is 0 Å². The number of amides is 3. The minimum Gasteiger partial charge on any atom is -0.489 e. The summed E-state index contributed by atoms with van der Waals surface area (Å²) >= 11 is 0. The van der Waals surface area contributed by atoms with E-state index in [1.54, 1.807) is 7.05 Å². The number of para-hydroxylation sites is 1. The fourth-order valence-corrected chi connectivity index (χ4v) is 7.57. The van der Waals surface area contributed by atoms with Crippen molar-refractivity contribution in [3.8, 4) is 5.75 Å². The van der Waals surface area contributed by atoms with Crippen LogP contribution < -0.4 is 20.7 Å². The Kier molecular flexibility index (Phi) is 11.1. The molecule has 5 atom stereocenters. The molecule has 2 bridgehead atoms. The third kappa shape index (κ3) is 7.92. The Bertz CT molecular complexity index is 1350. The lowest BCUT2D eigenvalue weighted by Crippen LogP contribution is -2.64. The summed E-state index contributed by atoms with van der Waals surface area (Å²) in [5.74, 6) is -0.417. The minimum absolute atomic E-state index is 0.0926. The Morgan fingerprint density at radius 2 is 1.59 bits per heavy atom. The maximum atomic E-state index is 14.4. The maximum Gasteiger partial charge on any atom is 0.246 e. The van der Waals surface area contributed by atoms with Crippen molar-refractivity contribution < 1.29 is 24.2 Å². The second-order valence-corrected chi connectivity index (χ2v) is 14.1. The summed E-state index contributed by atoms with van der Waals surface area (Å²) in [6.45, 7) is 5.93. The van der Waals surface area contributed by atoms with Crippen molar-refractivity contribution in [1.82, 2.24) is 20.9 Å². The molecule has 250 valence electrons. The van der Waals surface area contributed by atoms with Gasteiger partial charge in [-0.2, -0.15) is 0 Å². The number of benzene rings is 2. The number of nitrogens with one attached hydrogen (secondary N) is 3. The number of ether oxygens (including phenoxy) is 1. The lowest BCUT2D eigenvalue weighted by molar-refractivity contribution is -0.151. The Labute approximate surface area is 273 Å². The first-order valence-corrected chi connectivity index (χ1v) is 17.2. The zero-order valence-electron chi connectivity index (χ0n) is 27.9. The van der Waals surface area contributed by atoms with E-state index in [1.165, 1.54) is 24.3 Å². The van der Waals surface area contributed by atoms with Crippen molar-refractivity contribution in [2.75, 3.05) is 20.1 Å². The van der Waals surface area contributed by atoms with Crippen LogP contribution >= 0.6 is 0 Å². The van der Waals surface area contributed by atoms with Gasteiger partial charge in [-0.25, -0.2) is 0 Å². The Morgan fingerprint density at radius 3 is 2.28 bits per heavy atom. The van der Waals surface area contributed by atoms with Crippen LogP contribution in [0.15, 0.2) is 48.5 Å². The molecule has 0 radical (unpaired) electrons. The number of carbonyl (C=O) groups is 3. The Hall–Kier alpha value is -3.43. The quantitative estimate of drug-likeness (QED) is 0.407. The van der Waals surface area contributed by atoms with Gasteiger partial charge in [-0.05, 0) is 75.0 Å². The molecule has 4 N–H and O–H groups in total. The second-order valence-electron chi connectivity index (χ2n) is 14.1. The summed E-state index contributed by atoms with van der Waals surface area (Å²) in [6.07, 6.45) is 8.20. The first-order valence-electron chi connectivity index (χ1n) is 17.2. The largest absolute Gasteiger partial charge is 0.489 e. The fraction of sp³-hybridized carbons (Fsp3) is 0.595. The van der Waals surface area contributed by atoms with Crippen LogP contribution in [-0.2, 0) is 27.2 Å². The molecular formula is C37H52N4O5. The maximum absolute atomic E-state index is 14.4. The Balaban J connectivity index is 1.50. The second kappa shape index (κ2) is 15.0. The van der Waals surface area contributed by atoms with Gasteiger partial charge in [-0.3, -0.25) is 14.4 Å². The molecule has 1 fully saturated rings. The van der Waals surface area contributed by atoms with Gasteiger partial charge < -0.3 is 30.7 Å². The summed E-state index contributed by atoms with van der Waals surface area (Å²) in [4.78, 5) is 43.7. The predicted octanol–water partition coefficient (Wildman–Crippen LogP) is 3.87. The number of aliphatic hydroxyl groups is 1. The summed E-state index contributed by atoms with van der Waals surface area (Å²) in [5.41, 5.74) is 1.64. The Morgan fingerprint density at radius 1 is 0.891 bits per heavy atom. The average Bonchev–Trinajstić information content (AvgIpc) is 3.05. The molecule has 1 aliphatic carbocycles. The summed E-state index contributed by atoms with van der Waals surface area (Å²) in [7, 11) is 1.59. The van der Waals surface area contributed by atoms with E-state index in [2.05, 4.69) is 34.1 Å². The highest BCUT2D eigenvalue weighted by atomic mass is 16.5. The highest BCUT2D eigenvalue weighted by Crippen LogP contribution is 2.33. The summed E-state index contributed by atoms with van der Waals surface area (Å²) in [6, 6.07) is 13.2. The minimum atomic E-state index is -1.57. The van der Waals surface area contributed by atoms with Gasteiger partial charge in [-0.1, -0.05) is 74.7 Å². The first-order chi connectivity index (χ1) is 22.0. The topological polar surface area (TPSA) is 120 Å². The monoisotopic (exact) mass is 632 g/mol. The number of hydrogen-bond acceptors (Lipinski definition) is 6. The van der Waals surface area contributed by atoms with E-state index in [0.717, 1.165) is 68.2 Å². The van der Waals surface area contributed by atoms with Gasteiger partial charge in [-0.15, -0.1) is 0 Å². The van der Waals surface area contributed by atoms with Gasteiger partial charge >= 0.3 is 0 Å². The molecule has 3 aliphatic rings. The van der Waals surface area contributed by atoms with Gasteiger partial charge in [0.2, 0.25) is 17.7 Å². The zero-order chi connectivity index (χ0) is 32.8. The normalized spacial score (nSPS) is 26.6.